The molecule has 0 radical (unpaired) electrons. The molecule has 0 spiro atoms. The largest absolute Gasteiger partial charge is 0.490 e. The lowest BCUT2D eigenvalue weighted by atomic mass is 10.1. The van der Waals surface area contributed by atoms with E-state index in [1.165, 1.54) is 0 Å². The first-order valence-corrected chi connectivity index (χ1v) is 6.48. The molecule has 0 aliphatic heterocycles. The van der Waals surface area contributed by atoms with Gasteiger partial charge in [0.1, 0.15) is 11.6 Å². The Morgan fingerprint density at radius 3 is 2.84 bits per heavy atom. The molecular formula is C15H16N2O2. The minimum atomic E-state index is -0.0870. The Hall–Kier alpha value is -2.10. The number of benzene rings is 1. The molecular weight excluding hydrogens is 240 g/mol. The first-order chi connectivity index (χ1) is 9.13. The van der Waals surface area contributed by atoms with E-state index in [-0.39, 0.29) is 5.56 Å². The quantitative estimate of drug-likeness (QED) is 0.918. The van der Waals surface area contributed by atoms with Crippen LogP contribution in [0.4, 0.5) is 0 Å². The summed E-state index contributed by atoms with van der Waals surface area (Å²) < 4.78 is 5.77. The molecule has 1 saturated carbocycles. The third-order valence-electron chi connectivity index (χ3n) is 3.20. The highest BCUT2D eigenvalue weighted by atomic mass is 16.5. The Kier molecular flexibility index (Phi) is 2.85. The van der Waals surface area contributed by atoms with Crippen LogP contribution in [0.2, 0.25) is 0 Å². The van der Waals surface area contributed by atoms with Crippen LogP contribution in [0.5, 0.6) is 5.75 Å². The molecule has 0 saturated heterocycles. The van der Waals surface area contributed by atoms with E-state index in [0.717, 1.165) is 29.8 Å². The van der Waals surface area contributed by atoms with E-state index in [4.69, 9.17) is 4.74 Å². The third-order valence-corrected chi connectivity index (χ3v) is 3.20. The normalized spacial score (nSPS) is 14.4. The van der Waals surface area contributed by atoms with Crippen LogP contribution < -0.4 is 10.3 Å². The molecule has 0 bridgehead atoms. The predicted molar refractivity (Wildman–Crippen MR) is 73.4 cm³/mol. The first kappa shape index (κ1) is 12.0. The van der Waals surface area contributed by atoms with Crippen molar-refractivity contribution < 1.29 is 4.74 Å². The van der Waals surface area contributed by atoms with E-state index in [1.54, 1.807) is 13.8 Å². The summed E-state index contributed by atoms with van der Waals surface area (Å²) in [5.74, 6) is 1.47. The highest BCUT2D eigenvalue weighted by molar-refractivity contribution is 5.64. The zero-order valence-electron chi connectivity index (χ0n) is 11.1. The van der Waals surface area contributed by atoms with Gasteiger partial charge in [0.25, 0.3) is 5.56 Å². The Bertz CT molecular complexity index is 672. The van der Waals surface area contributed by atoms with Gasteiger partial charge in [0, 0.05) is 11.1 Å². The van der Waals surface area contributed by atoms with Crippen LogP contribution in [0, 0.1) is 13.8 Å². The second-order valence-electron chi connectivity index (χ2n) is 4.97. The van der Waals surface area contributed by atoms with E-state index < -0.39 is 0 Å². The zero-order chi connectivity index (χ0) is 13.4. The molecule has 0 atom stereocenters. The molecule has 3 rings (SSSR count). The standard InChI is InChI=1S/C15H16N2O2/c1-9-14(16-10(2)17-15(9)18)11-4-3-5-13(8-11)19-12-6-7-12/h3-5,8,12H,6-7H2,1-2H3,(H,16,17,18). The number of aromatic nitrogens is 2. The van der Waals surface area contributed by atoms with Gasteiger partial charge in [0.15, 0.2) is 0 Å². The third kappa shape index (κ3) is 2.52. The summed E-state index contributed by atoms with van der Waals surface area (Å²) in [6.07, 6.45) is 2.63. The number of hydrogen-bond acceptors (Lipinski definition) is 3. The summed E-state index contributed by atoms with van der Waals surface area (Å²) in [7, 11) is 0. The Balaban J connectivity index is 2.03. The lowest BCUT2D eigenvalue weighted by Crippen LogP contribution is -2.14. The minimum absolute atomic E-state index is 0.0870. The highest BCUT2D eigenvalue weighted by Gasteiger charge is 2.23. The molecule has 19 heavy (non-hydrogen) atoms. The van der Waals surface area contributed by atoms with Crippen molar-refractivity contribution in [3.05, 3.63) is 46.0 Å². The summed E-state index contributed by atoms with van der Waals surface area (Å²) in [6.45, 7) is 3.57. The second-order valence-corrected chi connectivity index (χ2v) is 4.97. The Morgan fingerprint density at radius 2 is 2.11 bits per heavy atom. The van der Waals surface area contributed by atoms with Crippen LogP contribution in [0.25, 0.3) is 11.3 Å². The van der Waals surface area contributed by atoms with Crippen molar-refractivity contribution >= 4 is 0 Å². The number of hydrogen-bond donors (Lipinski definition) is 1. The molecule has 4 heteroatoms. The summed E-state index contributed by atoms with van der Waals surface area (Å²) in [5, 5.41) is 0. The van der Waals surface area contributed by atoms with Crippen molar-refractivity contribution in [3.63, 3.8) is 0 Å². The lowest BCUT2D eigenvalue weighted by Gasteiger charge is -2.08. The van der Waals surface area contributed by atoms with Gasteiger partial charge in [0.05, 0.1) is 11.8 Å². The van der Waals surface area contributed by atoms with Gasteiger partial charge >= 0.3 is 0 Å². The van der Waals surface area contributed by atoms with E-state index in [0.29, 0.717) is 17.5 Å². The maximum absolute atomic E-state index is 11.8. The maximum atomic E-state index is 11.8. The molecule has 1 fully saturated rings. The van der Waals surface area contributed by atoms with Gasteiger partial charge in [-0.2, -0.15) is 0 Å². The number of H-pyrrole nitrogens is 1. The fourth-order valence-corrected chi connectivity index (χ4v) is 2.02. The number of nitrogens with one attached hydrogen (secondary N) is 1. The van der Waals surface area contributed by atoms with Crippen LogP contribution in [0.3, 0.4) is 0 Å². The van der Waals surface area contributed by atoms with Crippen molar-refractivity contribution in [1.29, 1.82) is 0 Å². The molecule has 1 N–H and O–H groups in total. The van der Waals surface area contributed by atoms with Crippen LogP contribution in [0.1, 0.15) is 24.2 Å². The summed E-state index contributed by atoms with van der Waals surface area (Å²) in [6, 6.07) is 7.78. The fraction of sp³-hybridized carbons (Fsp3) is 0.333. The highest BCUT2D eigenvalue weighted by Crippen LogP contribution is 2.29. The van der Waals surface area contributed by atoms with Gasteiger partial charge in [-0.25, -0.2) is 4.98 Å². The monoisotopic (exact) mass is 256 g/mol. The molecule has 4 nitrogen and oxygen atoms in total. The number of aryl methyl sites for hydroxylation is 1. The lowest BCUT2D eigenvalue weighted by molar-refractivity contribution is 0.303. The minimum Gasteiger partial charge on any atom is -0.490 e. The number of nitrogens with zero attached hydrogens (tertiary/aromatic N) is 1. The molecule has 1 aliphatic carbocycles. The zero-order valence-corrected chi connectivity index (χ0v) is 11.1. The molecule has 98 valence electrons. The van der Waals surface area contributed by atoms with Crippen LogP contribution in [0.15, 0.2) is 29.1 Å². The molecule has 1 aromatic heterocycles. The predicted octanol–water partition coefficient (Wildman–Crippen LogP) is 2.59. The Labute approximate surface area is 111 Å². The number of ether oxygens (including phenoxy) is 1. The fourth-order valence-electron chi connectivity index (χ4n) is 2.02. The van der Waals surface area contributed by atoms with Crippen LogP contribution in [-0.4, -0.2) is 16.1 Å². The van der Waals surface area contributed by atoms with Crippen LogP contribution >= 0.6 is 0 Å². The smallest absolute Gasteiger partial charge is 0.254 e. The molecule has 1 aliphatic rings. The molecule has 2 aromatic rings. The van der Waals surface area contributed by atoms with Crippen molar-refractivity contribution in [2.75, 3.05) is 0 Å². The molecule has 1 heterocycles. The van der Waals surface area contributed by atoms with Crippen molar-refractivity contribution in [2.45, 2.75) is 32.8 Å². The van der Waals surface area contributed by atoms with E-state index >= 15 is 0 Å². The second kappa shape index (κ2) is 4.53. The average molecular weight is 256 g/mol. The van der Waals surface area contributed by atoms with Crippen molar-refractivity contribution in [1.82, 2.24) is 9.97 Å². The van der Waals surface area contributed by atoms with E-state index in [1.807, 2.05) is 24.3 Å². The summed E-state index contributed by atoms with van der Waals surface area (Å²) in [5.41, 5.74) is 2.19. The SMILES string of the molecule is Cc1nc(-c2cccc(OC3CC3)c2)c(C)c(=O)[nH]1. The van der Waals surface area contributed by atoms with Gasteiger partial charge in [0.2, 0.25) is 0 Å². The summed E-state index contributed by atoms with van der Waals surface area (Å²) in [4.78, 5) is 18.9. The molecule has 0 unspecified atom stereocenters. The van der Waals surface area contributed by atoms with Crippen molar-refractivity contribution in [2.24, 2.45) is 0 Å². The number of aromatic amines is 1. The van der Waals surface area contributed by atoms with E-state index in [2.05, 4.69) is 9.97 Å². The van der Waals surface area contributed by atoms with Crippen molar-refractivity contribution in [3.8, 4) is 17.0 Å². The summed E-state index contributed by atoms with van der Waals surface area (Å²) >= 11 is 0. The van der Waals surface area contributed by atoms with E-state index in [9.17, 15) is 4.79 Å². The molecule has 1 aromatic carbocycles. The Morgan fingerprint density at radius 1 is 1.32 bits per heavy atom. The van der Waals surface area contributed by atoms with Gasteiger partial charge in [-0.15, -0.1) is 0 Å². The van der Waals surface area contributed by atoms with Gasteiger partial charge in [-0.3, -0.25) is 4.79 Å². The molecule has 0 amide bonds. The van der Waals surface area contributed by atoms with Crippen LogP contribution in [-0.2, 0) is 0 Å². The topological polar surface area (TPSA) is 55.0 Å². The maximum Gasteiger partial charge on any atom is 0.254 e. The van der Waals surface area contributed by atoms with Gasteiger partial charge in [-0.05, 0) is 38.8 Å². The first-order valence-electron chi connectivity index (χ1n) is 6.48. The average Bonchev–Trinajstić information content (AvgIpc) is 3.18. The van der Waals surface area contributed by atoms with Gasteiger partial charge < -0.3 is 9.72 Å². The number of rotatable bonds is 3. The van der Waals surface area contributed by atoms with Gasteiger partial charge in [-0.1, -0.05) is 12.1 Å².